The lowest BCUT2D eigenvalue weighted by molar-refractivity contribution is -0.117. The van der Waals surface area contributed by atoms with Crippen molar-refractivity contribution in [1.29, 1.82) is 0 Å². The molecule has 114 valence electrons. The van der Waals surface area contributed by atoms with Gasteiger partial charge in [-0.1, -0.05) is 36.5 Å². The number of thiophene rings is 1. The third-order valence-electron chi connectivity index (χ3n) is 3.61. The zero-order chi connectivity index (χ0) is 15.5. The topological polar surface area (TPSA) is 34.4 Å². The molecular weight excluding hydrogens is 312 g/mol. The van der Waals surface area contributed by atoms with Crippen molar-refractivity contribution in [2.24, 2.45) is 4.99 Å². The molecule has 0 unspecified atom stereocenters. The molecule has 3 aromatic rings. The van der Waals surface area contributed by atoms with E-state index in [1.807, 2.05) is 17.5 Å². The maximum atomic E-state index is 12.2. The minimum absolute atomic E-state index is 0.0748. The van der Waals surface area contributed by atoms with Gasteiger partial charge in [-0.05, 0) is 36.4 Å². The predicted octanol–water partition coefficient (Wildman–Crippen LogP) is 4.02. The smallest absolute Gasteiger partial charge is 0.253 e. The Labute approximate surface area is 137 Å². The van der Waals surface area contributed by atoms with Crippen LogP contribution in [0.2, 0.25) is 0 Å². The SMILES string of the molecule is CCc1cccc2sc(=NC(=O)Cc3cccs3)n(CC)c12. The highest BCUT2D eigenvalue weighted by Crippen LogP contribution is 2.22. The van der Waals surface area contributed by atoms with E-state index >= 15 is 0 Å². The lowest BCUT2D eigenvalue weighted by atomic mass is 10.1. The molecule has 0 spiro atoms. The number of rotatable bonds is 4. The van der Waals surface area contributed by atoms with Crippen LogP contribution in [0.15, 0.2) is 40.7 Å². The normalized spacial score (nSPS) is 12.2. The van der Waals surface area contributed by atoms with Gasteiger partial charge >= 0.3 is 0 Å². The minimum Gasteiger partial charge on any atom is -0.316 e. The summed E-state index contributed by atoms with van der Waals surface area (Å²) in [7, 11) is 0. The fourth-order valence-corrected chi connectivity index (χ4v) is 4.43. The molecule has 2 heterocycles. The number of aromatic nitrogens is 1. The molecule has 22 heavy (non-hydrogen) atoms. The number of carbonyl (C=O) groups excluding carboxylic acids is 1. The second-order valence-electron chi connectivity index (χ2n) is 5.01. The van der Waals surface area contributed by atoms with Crippen LogP contribution in [0.3, 0.4) is 0 Å². The molecule has 0 saturated carbocycles. The summed E-state index contributed by atoms with van der Waals surface area (Å²) in [4.78, 5) is 18.4. The van der Waals surface area contributed by atoms with Gasteiger partial charge in [0.05, 0.1) is 16.6 Å². The van der Waals surface area contributed by atoms with Gasteiger partial charge in [0.15, 0.2) is 4.80 Å². The van der Waals surface area contributed by atoms with Gasteiger partial charge in [0.2, 0.25) is 0 Å². The fraction of sp³-hybridized carbons (Fsp3) is 0.294. The molecular formula is C17H18N2OS2. The summed E-state index contributed by atoms with van der Waals surface area (Å²) < 4.78 is 3.36. The number of fused-ring (bicyclic) bond motifs is 1. The molecule has 3 rings (SSSR count). The molecule has 0 atom stereocenters. The number of hydrogen-bond donors (Lipinski definition) is 0. The molecule has 0 fully saturated rings. The number of hydrogen-bond acceptors (Lipinski definition) is 3. The molecule has 0 aliphatic heterocycles. The van der Waals surface area contributed by atoms with Crippen molar-refractivity contribution >= 4 is 38.8 Å². The summed E-state index contributed by atoms with van der Waals surface area (Å²) in [5.41, 5.74) is 2.53. The summed E-state index contributed by atoms with van der Waals surface area (Å²) in [5.74, 6) is -0.0748. The van der Waals surface area contributed by atoms with Gasteiger partial charge < -0.3 is 4.57 Å². The monoisotopic (exact) mass is 330 g/mol. The predicted molar refractivity (Wildman–Crippen MR) is 93.5 cm³/mol. The van der Waals surface area contributed by atoms with Crippen LogP contribution in [0.5, 0.6) is 0 Å². The summed E-state index contributed by atoms with van der Waals surface area (Å²) in [5, 5.41) is 1.99. The summed E-state index contributed by atoms with van der Waals surface area (Å²) in [6, 6.07) is 10.3. The average Bonchev–Trinajstić information content (AvgIpc) is 3.13. The summed E-state index contributed by atoms with van der Waals surface area (Å²) >= 11 is 3.20. The number of nitrogens with zero attached hydrogens (tertiary/aromatic N) is 2. The van der Waals surface area contributed by atoms with Gasteiger partial charge in [-0.15, -0.1) is 11.3 Å². The van der Waals surface area contributed by atoms with Crippen LogP contribution in [0.1, 0.15) is 24.3 Å². The number of thiazole rings is 1. The second-order valence-corrected chi connectivity index (χ2v) is 7.05. The Hall–Kier alpha value is -1.72. The van der Waals surface area contributed by atoms with Crippen molar-refractivity contribution < 1.29 is 4.79 Å². The first-order valence-corrected chi connectivity index (χ1v) is 9.13. The van der Waals surface area contributed by atoms with Gasteiger partial charge in [0.25, 0.3) is 5.91 Å². The zero-order valence-corrected chi connectivity index (χ0v) is 14.3. The second kappa shape index (κ2) is 6.58. The van der Waals surface area contributed by atoms with Crippen LogP contribution in [0.4, 0.5) is 0 Å². The van der Waals surface area contributed by atoms with Gasteiger partial charge in [-0.2, -0.15) is 4.99 Å². The molecule has 0 N–H and O–H groups in total. The van der Waals surface area contributed by atoms with Crippen molar-refractivity contribution in [3.63, 3.8) is 0 Å². The Morgan fingerprint density at radius 2 is 2.09 bits per heavy atom. The van der Waals surface area contributed by atoms with Gasteiger partial charge in [0, 0.05) is 11.4 Å². The van der Waals surface area contributed by atoms with E-state index in [4.69, 9.17) is 0 Å². The van der Waals surface area contributed by atoms with Crippen LogP contribution >= 0.6 is 22.7 Å². The number of para-hydroxylation sites is 1. The first-order valence-electron chi connectivity index (χ1n) is 7.44. The minimum atomic E-state index is -0.0748. The molecule has 0 aliphatic carbocycles. The highest BCUT2D eigenvalue weighted by molar-refractivity contribution is 7.16. The molecule has 0 bridgehead atoms. The Morgan fingerprint density at radius 1 is 1.23 bits per heavy atom. The van der Waals surface area contributed by atoms with Crippen LogP contribution in [-0.2, 0) is 24.2 Å². The number of carbonyl (C=O) groups is 1. The molecule has 0 saturated heterocycles. The van der Waals surface area contributed by atoms with Crippen LogP contribution in [0.25, 0.3) is 10.2 Å². The molecule has 2 aromatic heterocycles. The van der Waals surface area contributed by atoms with E-state index in [2.05, 4.69) is 41.6 Å². The van der Waals surface area contributed by atoms with E-state index in [-0.39, 0.29) is 5.91 Å². The summed E-state index contributed by atoms with van der Waals surface area (Å²) in [6.07, 6.45) is 1.37. The summed E-state index contributed by atoms with van der Waals surface area (Å²) in [6.45, 7) is 5.08. The standard InChI is InChI=1S/C17H18N2OS2/c1-3-12-7-5-9-14-16(12)19(4-2)17(22-14)18-15(20)11-13-8-6-10-21-13/h5-10H,3-4,11H2,1-2H3. The van der Waals surface area contributed by atoms with E-state index in [9.17, 15) is 4.79 Å². The Balaban J connectivity index is 2.06. The first-order chi connectivity index (χ1) is 10.7. The maximum Gasteiger partial charge on any atom is 0.253 e. The highest BCUT2D eigenvalue weighted by Gasteiger charge is 2.10. The van der Waals surface area contributed by atoms with Gasteiger partial charge in [-0.25, -0.2) is 0 Å². The van der Waals surface area contributed by atoms with Crippen molar-refractivity contribution in [2.75, 3.05) is 0 Å². The first kappa shape index (κ1) is 15.2. The number of aryl methyl sites for hydroxylation is 2. The van der Waals surface area contributed by atoms with E-state index in [1.54, 1.807) is 22.7 Å². The maximum absolute atomic E-state index is 12.2. The molecule has 1 aromatic carbocycles. The van der Waals surface area contributed by atoms with E-state index in [0.29, 0.717) is 6.42 Å². The number of benzene rings is 1. The Morgan fingerprint density at radius 3 is 2.77 bits per heavy atom. The third-order valence-corrected chi connectivity index (χ3v) is 5.53. The van der Waals surface area contributed by atoms with E-state index in [1.165, 1.54) is 15.8 Å². The van der Waals surface area contributed by atoms with Crippen LogP contribution < -0.4 is 4.80 Å². The van der Waals surface area contributed by atoms with E-state index in [0.717, 1.165) is 22.6 Å². The number of amides is 1. The van der Waals surface area contributed by atoms with Crippen molar-refractivity contribution in [3.05, 3.63) is 51.0 Å². The molecule has 5 heteroatoms. The van der Waals surface area contributed by atoms with Crippen molar-refractivity contribution in [2.45, 2.75) is 33.2 Å². The molecule has 3 nitrogen and oxygen atoms in total. The molecule has 1 amide bonds. The lowest BCUT2D eigenvalue weighted by Gasteiger charge is -2.05. The Kier molecular flexibility index (Phi) is 4.55. The lowest BCUT2D eigenvalue weighted by Crippen LogP contribution is -2.17. The average molecular weight is 330 g/mol. The van der Waals surface area contributed by atoms with E-state index < -0.39 is 0 Å². The Bertz CT molecular complexity index is 857. The van der Waals surface area contributed by atoms with Crippen molar-refractivity contribution in [3.8, 4) is 0 Å². The van der Waals surface area contributed by atoms with Gasteiger partial charge in [0.1, 0.15) is 0 Å². The van der Waals surface area contributed by atoms with Crippen LogP contribution in [-0.4, -0.2) is 10.5 Å². The quantitative estimate of drug-likeness (QED) is 0.711. The third kappa shape index (κ3) is 2.91. The largest absolute Gasteiger partial charge is 0.316 e. The zero-order valence-electron chi connectivity index (χ0n) is 12.7. The highest BCUT2D eigenvalue weighted by atomic mass is 32.1. The molecule has 0 aliphatic rings. The fourth-order valence-electron chi connectivity index (χ4n) is 2.58. The van der Waals surface area contributed by atoms with Crippen LogP contribution in [0, 0.1) is 0 Å². The molecule has 0 radical (unpaired) electrons. The van der Waals surface area contributed by atoms with Crippen molar-refractivity contribution in [1.82, 2.24) is 4.57 Å². The van der Waals surface area contributed by atoms with Gasteiger partial charge in [-0.3, -0.25) is 4.79 Å².